The number of carbonyl (C=O) groups is 2. The van der Waals surface area contributed by atoms with Gasteiger partial charge in [0.2, 0.25) is 5.91 Å². The van der Waals surface area contributed by atoms with Crippen LogP contribution in [0.2, 0.25) is 0 Å². The highest BCUT2D eigenvalue weighted by Gasteiger charge is 2.24. The normalized spacial score (nSPS) is 13.9. The van der Waals surface area contributed by atoms with Gasteiger partial charge in [0.25, 0.3) is 5.91 Å². The van der Waals surface area contributed by atoms with Crippen LogP contribution in [-0.4, -0.2) is 39.7 Å². The Morgan fingerprint density at radius 1 is 0.974 bits per heavy atom. The predicted molar refractivity (Wildman–Crippen MR) is 147 cm³/mol. The van der Waals surface area contributed by atoms with E-state index in [1.165, 1.54) is 29.8 Å². The van der Waals surface area contributed by atoms with Crippen LogP contribution in [0.3, 0.4) is 0 Å². The molecule has 0 atom stereocenters. The summed E-state index contributed by atoms with van der Waals surface area (Å²) in [6.45, 7) is 1.37. The van der Waals surface area contributed by atoms with Crippen LogP contribution in [0, 0.1) is 10.1 Å². The van der Waals surface area contributed by atoms with Crippen LogP contribution in [0.1, 0.15) is 40.4 Å². The number of furan rings is 1. The molecule has 5 rings (SSSR count). The summed E-state index contributed by atoms with van der Waals surface area (Å²) in [5.74, 6) is -0.153. The van der Waals surface area contributed by atoms with Gasteiger partial charge < -0.3 is 14.6 Å². The number of amides is 2. The summed E-state index contributed by atoms with van der Waals surface area (Å²) in [6, 6.07) is 21.9. The van der Waals surface area contributed by atoms with Crippen LogP contribution in [0.5, 0.6) is 0 Å². The fourth-order valence-electron chi connectivity index (χ4n) is 4.65. The first-order valence-electron chi connectivity index (χ1n) is 12.6. The lowest BCUT2D eigenvalue weighted by Gasteiger charge is -2.32. The fraction of sp³-hybridized carbons (Fsp3) is 0.167. The Kier molecular flexibility index (Phi) is 7.58. The molecule has 1 aliphatic heterocycles. The first-order valence-corrected chi connectivity index (χ1v) is 12.6. The Morgan fingerprint density at radius 3 is 2.36 bits per heavy atom. The molecule has 1 saturated heterocycles. The van der Waals surface area contributed by atoms with Gasteiger partial charge in [0.05, 0.1) is 6.07 Å². The van der Waals surface area contributed by atoms with Gasteiger partial charge in [0.1, 0.15) is 10.7 Å². The molecule has 2 aromatic carbocycles. The highest BCUT2D eigenvalue weighted by atomic mass is 16.6. The molecule has 2 amide bonds. The third-order valence-corrected chi connectivity index (χ3v) is 6.75. The maximum Gasteiger partial charge on any atom is 0.433 e. The topological polar surface area (TPSA) is 119 Å². The van der Waals surface area contributed by atoms with E-state index in [0.717, 1.165) is 24.0 Å². The molecule has 0 bridgehead atoms. The number of rotatable bonds is 7. The number of aromatic nitrogens is 1. The van der Waals surface area contributed by atoms with Gasteiger partial charge >= 0.3 is 5.88 Å². The van der Waals surface area contributed by atoms with E-state index in [1.807, 2.05) is 65.6 Å². The van der Waals surface area contributed by atoms with Crippen LogP contribution in [0.15, 0.2) is 95.7 Å². The van der Waals surface area contributed by atoms with E-state index < -0.39 is 4.92 Å². The zero-order valence-electron chi connectivity index (χ0n) is 21.0. The van der Waals surface area contributed by atoms with Crippen molar-refractivity contribution in [2.24, 2.45) is 0 Å². The Labute approximate surface area is 224 Å². The van der Waals surface area contributed by atoms with E-state index in [4.69, 9.17) is 4.42 Å². The van der Waals surface area contributed by atoms with Crippen molar-refractivity contribution in [3.63, 3.8) is 0 Å². The minimum absolute atomic E-state index is 0.0430. The average Bonchev–Trinajstić information content (AvgIpc) is 3.47. The molecule has 9 heteroatoms. The van der Waals surface area contributed by atoms with E-state index >= 15 is 0 Å². The van der Waals surface area contributed by atoms with E-state index in [2.05, 4.69) is 10.3 Å². The highest BCUT2D eigenvalue weighted by molar-refractivity contribution is 6.01. The average molecular weight is 523 g/mol. The van der Waals surface area contributed by atoms with Gasteiger partial charge in [0, 0.05) is 42.8 Å². The Morgan fingerprint density at radius 2 is 1.72 bits per heavy atom. The van der Waals surface area contributed by atoms with Crippen molar-refractivity contribution in [1.29, 1.82) is 0 Å². The van der Waals surface area contributed by atoms with Gasteiger partial charge in [-0.2, -0.15) is 0 Å². The molecular formula is C30H26N4O5. The number of nitrogens with zero attached hydrogens (tertiary/aromatic N) is 3. The number of piperidine rings is 1. The smallest absolute Gasteiger partial charge is 0.401 e. The zero-order valence-corrected chi connectivity index (χ0v) is 21.0. The molecule has 0 unspecified atom stereocenters. The minimum Gasteiger partial charge on any atom is -0.401 e. The van der Waals surface area contributed by atoms with Crippen molar-refractivity contribution in [3.8, 4) is 11.1 Å². The summed E-state index contributed by atoms with van der Waals surface area (Å²) in [6.07, 6.45) is 7.90. The molecule has 1 fully saturated rings. The highest BCUT2D eigenvalue weighted by Crippen LogP contribution is 2.30. The monoisotopic (exact) mass is 522 g/mol. The summed E-state index contributed by atoms with van der Waals surface area (Å²) in [5.41, 5.74) is 4.53. The van der Waals surface area contributed by atoms with E-state index in [9.17, 15) is 19.7 Å². The Balaban J connectivity index is 1.12. The number of pyridine rings is 1. The molecule has 3 heterocycles. The van der Waals surface area contributed by atoms with E-state index in [0.29, 0.717) is 30.3 Å². The number of nitrogens with one attached hydrogen (secondary N) is 1. The molecule has 4 aromatic rings. The molecule has 39 heavy (non-hydrogen) atoms. The molecule has 0 radical (unpaired) electrons. The van der Waals surface area contributed by atoms with Crippen LogP contribution in [0.4, 0.5) is 11.6 Å². The number of hydrogen-bond donors (Lipinski definition) is 1. The Bertz CT molecular complexity index is 1490. The molecular weight excluding hydrogens is 496 g/mol. The molecule has 9 nitrogen and oxygen atoms in total. The van der Waals surface area contributed by atoms with Gasteiger partial charge in [-0.1, -0.05) is 30.3 Å². The van der Waals surface area contributed by atoms with Crippen LogP contribution >= 0.6 is 0 Å². The second-order valence-corrected chi connectivity index (χ2v) is 9.26. The maximum absolute atomic E-state index is 13.0. The van der Waals surface area contributed by atoms with Crippen molar-refractivity contribution in [3.05, 3.63) is 118 Å². The minimum atomic E-state index is -0.635. The molecule has 1 aliphatic rings. The summed E-state index contributed by atoms with van der Waals surface area (Å²) in [7, 11) is 0. The number of hydrogen-bond acceptors (Lipinski definition) is 6. The quantitative estimate of drug-likeness (QED) is 0.183. The molecule has 0 spiro atoms. The lowest BCUT2D eigenvalue weighted by atomic mass is 9.89. The molecule has 1 N–H and O–H groups in total. The number of likely N-dealkylation sites (tertiary alicyclic amines) is 1. The summed E-state index contributed by atoms with van der Waals surface area (Å²) < 4.78 is 5.00. The van der Waals surface area contributed by atoms with E-state index in [-0.39, 0.29) is 23.5 Å². The lowest BCUT2D eigenvalue weighted by molar-refractivity contribution is -0.402. The van der Waals surface area contributed by atoms with Gasteiger partial charge in [-0.3, -0.25) is 24.7 Å². The van der Waals surface area contributed by atoms with Crippen LogP contribution in [0.25, 0.3) is 17.2 Å². The summed E-state index contributed by atoms with van der Waals surface area (Å²) >= 11 is 0. The fourth-order valence-corrected chi connectivity index (χ4v) is 4.65. The molecule has 0 aliphatic carbocycles. The summed E-state index contributed by atoms with van der Waals surface area (Å²) in [4.78, 5) is 41.4. The number of nitro groups is 1. The standard InChI is InChI=1S/C30H26N4O5/c35-28(13-11-27-12-14-29(39-27)34(37)38)32-26-9-7-21(8-10-26)23-15-18-33(19-16-23)30(36)24-5-3-22(4-6-24)25-2-1-17-31-20-25/h1-14,17,20,23H,15-16,18-19H2,(H,32,35)/b13-11+. The number of benzene rings is 2. The summed E-state index contributed by atoms with van der Waals surface area (Å²) in [5, 5.41) is 13.4. The van der Waals surface area contributed by atoms with Crippen molar-refractivity contribution >= 4 is 29.5 Å². The third kappa shape index (κ3) is 6.27. The number of carbonyl (C=O) groups excluding carboxylic acids is 2. The van der Waals surface area contributed by atoms with Crippen LogP contribution in [-0.2, 0) is 4.79 Å². The SMILES string of the molecule is O=C(/C=C/c1ccc([N+](=O)[O-])o1)Nc1ccc(C2CCN(C(=O)c3ccc(-c4cccnc4)cc3)CC2)cc1. The predicted octanol–water partition coefficient (Wildman–Crippen LogP) is 5.92. The van der Waals surface area contributed by atoms with Crippen molar-refractivity contribution in [2.75, 3.05) is 18.4 Å². The van der Waals surface area contributed by atoms with Crippen molar-refractivity contribution < 1.29 is 18.9 Å². The first-order chi connectivity index (χ1) is 19.0. The van der Waals surface area contributed by atoms with Gasteiger partial charge in [0.15, 0.2) is 0 Å². The van der Waals surface area contributed by atoms with Crippen molar-refractivity contribution in [2.45, 2.75) is 18.8 Å². The largest absolute Gasteiger partial charge is 0.433 e. The molecule has 0 saturated carbocycles. The third-order valence-electron chi connectivity index (χ3n) is 6.75. The van der Waals surface area contributed by atoms with Gasteiger partial charge in [-0.25, -0.2) is 0 Å². The molecule has 2 aromatic heterocycles. The zero-order chi connectivity index (χ0) is 27.2. The van der Waals surface area contributed by atoms with Gasteiger partial charge in [-0.05, 0) is 77.9 Å². The number of anilines is 1. The lowest BCUT2D eigenvalue weighted by Crippen LogP contribution is -2.37. The Hall–Kier alpha value is -5.05. The second-order valence-electron chi connectivity index (χ2n) is 9.26. The van der Waals surface area contributed by atoms with Crippen LogP contribution < -0.4 is 5.32 Å². The van der Waals surface area contributed by atoms with E-state index in [1.54, 1.807) is 12.4 Å². The molecule has 196 valence electrons. The second kappa shape index (κ2) is 11.6. The van der Waals surface area contributed by atoms with Gasteiger partial charge in [-0.15, -0.1) is 0 Å². The maximum atomic E-state index is 13.0. The van der Waals surface area contributed by atoms with Crippen molar-refractivity contribution in [1.82, 2.24) is 9.88 Å². The first kappa shape index (κ1) is 25.6.